The van der Waals surface area contributed by atoms with Crippen LogP contribution in [0, 0.1) is 6.92 Å². The molecular formula is C25H25N5O2S. The lowest BCUT2D eigenvalue weighted by Gasteiger charge is -2.28. The number of nitrogens with zero attached hydrogens (tertiary/aromatic N) is 5. The van der Waals surface area contributed by atoms with Crippen molar-refractivity contribution in [1.82, 2.24) is 25.1 Å². The molecule has 1 aromatic carbocycles. The summed E-state index contributed by atoms with van der Waals surface area (Å²) in [7, 11) is 2.12. The fourth-order valence-corrected chi connectivity index (χ4v) is 4.70. The van der Waals surface area contributed by atoms with Crippen molar-refractivity contribution in [2.45, 2.75) is 32.3 Å². The standard InChI is InChI=1S/C25H25N5O2S/c1-16-28-29-25(33-16)18-3-4-19-15-27-21(12-20(19)11-18)14-23(31)17-5-8-26-24(13-17)32-22-6-9-30(2)10-7-22/h3-5,8,11-13,15,22H,6-7,9-10,14H2,1-2H3. The maximum absolute atomic E-state index is 13.0. The van der Waals surface area contributed by atoms with E-state index < -0.39 is 0 Å². The zero-order valence-corrected chi connectivity index (χ0v) is 19.5. The molecule has 0 unspecified atom stereocenters. The van der Waals surface area contributed by atoms with Gasteiger partial charge in [-0.1, -0.05) is 23.5 Å². The van der Waals surface area contributed by atoms with Crippen LogP contribution < -0.4 is 4.74 Å². The summed E-state index contributed by atoms with van der Waals surface area (Å²) in [6, 6.07) is 11.6. The molecule has 33 heavy (non-hydrogen) atoms. The summed E-state index contributed by atoms with van der Waals surface area (Å²) in [4.78, 5) is 24.1. The molecule has 3 aromatic heterocycles. The number of likely N-dealkylation sites (tertiary alicyclic amines) is 1. The molecule has 5 rings (SSSR count). The molecule has 0 saturated carbocycles. The fourth-order valence-electron chi connectivity index (χ4n) is 4.02. The van der Waals surface area contributed by atoms with Crippen LogP contribution in [-0.2, 0) is 6.42 Å². The van der Waals surface area contributed by atoms with Gasteiger partial charge in [0.15, 0.2) is 5.78 Å². The normalized spacial score (nSPS) is 15.1. The third kappa shape index (κ3) is 5.07. The van der Waals surface area contributed by atoms with Gasteiger partial charge in [-0.05, 0) is 50.4 Å². The minimum Gasteiger partial charge on any atom is -0.474 e. The van der Waals surface area contributed by atoms with Crippen LogP contribution in [0.3, 0.4) is 0 Å². The number of fused-ring (bicyclic) bond motifs is 1. The minimum absolute atomic E-state index is 0.00613. The van der Waals surface area contributed by atoms with Crippen LogP contribution in [0.5, 0.6) is 5.88 Å². The number of ketones is 1. The highest BCUT2D eigenvalue weighted by atomic mass is 32.1. The van der Waals surface area contributed by atoms with Gasteiger partial charge in [0.1, 0.15) is 16.1 Å². The molecule has 0 N–H and O–H groups in total. The molecule has 0 atom stereocenters. The maximum atomic E-state index is 13.0. The molecule has 4 aromatic rings. The Kier molecular flexibility index (Phi) is 6.11. The van der Waals surface area contributed by atoms with E-state index in [1.807, 2.05) is 31.3 Å². The van der Waals surface area contributed by atoms with Crippen molar-refractivity contribution in [3.8, 4) is 16.5 Å². The van der Waals surface area contributed by atoms with Gasteiger partial charge >= 0.3 is 0 Å². The van der Waals surface area contributed by atoms with E-state index in [0.717, 1.165) is 58.0 Å². The van der Waals surface area contributed by atoms with E-state index in [0.29, 0.717) is 11.4 Å². The van der Waals surface area contributed by atoms with Gasteiger partial charge in [0.25, 0.3) is 0 Å². The first-order valence-corrected chi connectivity index (χ1v) is 11.9. The molecule has 1 fully saturated rings. The number of carbonyl (C=O) groups excluding carboxylic acids is 1. The van der Waals surface area contributed by atoms with Gasteiger partial charge in [0.05, 0.1) is 6.42 Å². The number of piperidine rings is 1. The van der Waals surface area contributed by atoms with Crippen LogP contribution in [0.1, 0.15) is 33.9 Å². The highest BCUT2D eigenvalue weighted by molar-refractivity contribution is 7.14. The average Bonchev–Trinajstić information content (AvgIpc) is 3.26. The molecule has 4 heterocycles. The molecule has 0 aliphatic carbocycles. The van der Waals surface area contributed by atoms with Crippen molar-refractivity contribution in [2.24, 2.45) is 0 Å². The Hall–Kier alpha value is -3.23. The largest absolute Gasteiger partial charge is 0.474 e. The number of hydrogen-bond acceptors (Lipinski definition) is 8. The SMILES string of the molecule is Cc1nnc(-c2ccc3cnc(CC(=O)c4ccnc(OC5CCN(C)CC5)c4)cc3c2)s1. The van der Waals surface area contributed by atoms with E-state index in [1.165, 1.54) is 0 Å². The van der Waals surface area contributed by atoms with E-state index in [-0.39, 0.29) is 18.3 Å². The lowest BCUT2D eigenvalue weighted by Crippen LogP contribution is -2.35. The van der Waals surface area contributed by atoms with Crippen LogP contribution >= 0.6 is 11.3 Å². The molecule has 0 radical (unpaired) electrons. The second-order valence-electron chi connectivity index (χ2n) is 8.47. The summed E-state index contributed by atoms with van der Waals surface area (Å²) in [6.07, 6.45) is 5.75. The average molecular weight is 460 g/mol. The topological polar surface area (TPSA) is 81.1 Å². The van der Waals surface area contributed by atoms with Crippen molar-refractivity contribution in [2.75, 3.05) is 20.1 Å². The van der Waals surface area contributed by atoms with E-state index in [2.05, 4.69) is 38.2 Å². The Morgan fingerprint density at radius 3 is 2.73 bits per heavy atom. The summed E-state index contributed by atoms with van der Waals surface area (Å²) in [5.74, 6) is 0.507. The number of benzene rings is 1. The smallest absolute Gasteiger partial charge is 0.214 e. The molecule has 168 valence electrons. The lowest BCUT2D eigenvalue weighted by atomic mass is 10.0. The zero-order valence-electron chi connectivity index (χ0n) is 18.7. The first-order valence-electron chi connectivity index (χ1n) is 11.1. The summed E-state index contributed by atoms with van der Waals surface area (Å²) in [5, 5.41) is 12.2. The van der Waals surface area contributed by atoms with E-state index >= 15 is 0 Å². The molecular weight excluding hydrogens is 434 g/mol. The van der Waals surface area contributed by atoms with E-state index in [1.54, 1.807) is 29.7 Å². The first-order chi connectivity index (χ1) is 16.0. The van der Waals surface area contributed by atoms with Gasteiger partial charge in [0.2, 0.25) is 5.88 Å². The molecule has 1 aliphatic rings. The van der Waals surface area contributed by atoms with Crippen LogP contribution in [-0.4, -0.2) is 57.1 Å². The highest BCUT2D eigenvalue weighted by Gasteiger charge is 2.19. The van der Waals surface area contributed by atoms with Crippen LogP contribution in [0.25, 0.3) is 21.3 Å². The Morgan fingerprint density at radius 1 is 1.09 bits per heavy atom. The maximum Gasteiger partial charge on any atom is 0.214 e. The summed E-state index contributed by atoms with van der Waals surface area (Å²) in [6.45, 7) is 3.97. The van der Waals surface area contributed by atoms with Gasteiger partial charge in [0, 0.05) is 53.8 Å². The summed E-state index contributed by atoms with van der Waals surface area (Å²) < 4.78 is 6.04. The van der Waals surface area contributed by atoms with E-state index in [9.17, 15) is 4.79 Å². The monoisotopic (exact) mass is 459 g/mol. The fraction of sp³-hybridized carbons (Fsp3) is 0.320. The number of ether oxygens (including phenoxy) is 1. The number of rotatable bonds is 6. The van der Waals surface area contributed by atoms with Crippen LogP contribution in [0.15, 0.2) is 48.8 Å². The van der Waals surface area contributed by atoms with Crippen molar-refractivity contribution in [1.29, 1.82) is 0 Å². The second kappa shape index (κ2) is 9.33. The van der Waals surface area contributed by atoms with E-state index in [4.69, 9.17) is 4.74 Å². The Balaban J connectivity index is 1.31. The predicted octanol–water partition coefficient (Wildman–Crippen LogP) is 4.36. The Bertz CT molecular complexity index is 1300. The Labute approximate surface area is 196 Å². The van der Waals surface area contributed by atoms with Crippen molar-refractivity contribution >= 4 is 27.9 Å². The number of hydrogen-bond donors (Lipinski definition) is 0. The van der Waals surface area contributed by atoms with Crippen molar-refractivity contribution in [3.05, 3.63) is 65.1 Å². The van der Waals surface area contributed by atoms with Gasteiger partial charge in [-0.2, -0.15) is 0 Å². The highest BCUT2D eigenvalue weighted by Crippen LogP contribution is 2.27. The quantitative estimate of drug-likeness (QED) is 0.396. The number of aryl methyl sites for hydroxylation is 1. The van der Waals surface area contributed by atoms with Gasteiger partial charge in [-0.15, -0.1) is 10.2 Å². The third-order valence-corrected chi connectivity index (χ3v) is 6.79. The van der Waals surface area contributed by atoms with Gasteiger partial charge in [-0.3, -0.25) is 9.78 Å². The number of Topliss-reactive ketones (excluding diaryl/α,β-unsaturated/α-hetero) is 1. The number of pyridine rings is 2. The minimum atomic E-state index is -0.00613. The number of carbonyl (C=O) groups is 1. The zero-order chi connectivity index (χ0) is 22.8. The number of aromatic nitrogens is 4. The third-order valence-electron chi connectivity index (χ3n) is 5.90. The molecule has 0 amide bonds. The Morgan fingerprint density at radius 2 is 1.94 bits per heavy atom. The van der Waals surface area contributed by atoms with Crippen molar-refractivity contribution in [3.63, 3.8) is 0 Å². The van der Waals surface area contributed by atoms with Gasteiger partial charge in [-0.25, -0.2) is 4.98 Å². The molecule has 8 heteroatoms. The lowest BCUT2D eigenvalue weighted by molar-refractivity contribution is 0.0985. The summed E-state index contributed by atoms with van der Waals surface area (Å²) >= 11 is 1.56. The van der Waals surface area contributed by atoms with Crippen molar-refractivity contribution < 1.29 is 9.53 Å². The van der Waals surface area contributed by atoms with Gasteiger partial charge < -0.3 is 9.64 Å². The molecule has 0 spiro atoms. The van der Waals surface area contributed by atoms with Crippen LogP contribution in [0.2, 0.25) is 0 Å². The first kappa shape index (κ1) is 21.6. The second-order valence-corrected chi connectivity index (χ2v) is 9.65. The molecule has 1 saturated heterocycles. The summed E-state index contributed by atoms with van der Waals surface area (Å²) in [5.41, 5.74) is 2.34. The molecule has 1 aliphatic heterocycles. The molecule has 7 nitrogen and oxygen atoms in total. The van der Waals surface area contributed by atoms with Crippen LogP contribution in [0.4, 0.5) is 0 Å². The molecule has 0 bridgehead atoms. The predicted molar refractivity (Wildman–Crippen MR) is 129 cm³/mol.